The van der Waals surface area contributed by atoms with E-state index in [9.17, 15) is 14.9 Å². The Bertz CT molecular complexity index is 1390. The maximum Gasteiger partial charge on any atom is 0.411 e. The van der Waals surface area contributed by atoms with E-state index in [1.165, 1.54) is 0 Å². The first-order valence-electron chi connectivity index (χ1n) is 13.6. The van der Waals surface area contributed by atoms with Crippen LogP contribution in [-0.4, -0.2) is 39.2 Å². The summed E-state index contributed by atoms with van der Waals surface area (Å²) in [6, 6.07) is 23.1. The van der Waals surface area contributed by atoms with Gasteiger partial charge >= 0.3 is 6.09 Å². The summed E-state index contributed by atoms with van der Waals surface area (Å²) in [5.74, 6) is -0.267. The lowest BCUT2D eigenvalue weighted by Gasteiger charge is -2.45. The summed E-state index contributed by atoms with van der Waals surface area (Å²) >= 11 is 0. The third kappa shape index (κ3) is 6.48. The number of carbonyl (C=O) groups excluding carboxylic acids is 2. The van der Waals surface area contributed by atoms with E-state index in [4.69, 9.17) is 4.74 Å². The van der Waals surface area contributed by atoms with E-state index in [0.717, 1.165) is 16.7 Å². The van der Waals surface area contributed by atoms with E-state index in [-0.39, 0.29) is 23.2 Å². The minimum atomic E-state index is -0.855. The van der Waals surface area contributed by atoms with Crippen molar-refractivity contribution in [3.05, 3.63) is 83.6 Å². The number of aromatic nitrogens is 2. The van der Waals surface area contributed by atoms with Gasteiger partial charge in [0, 0.05) is 30.5 Å². The Morgan fingerprint density at radius 3 is 2.27 bits per heavy atom. The van der Waals surface area contributed by atoms with E-state index in [2.05, 4.69) is 21.6 Å². The molecule has 1 aromatic heterocycles. The van der Waals surface area contributed by atoms with Crippen LogP contribution in [0.1, 0.15) is 82.0 Å². The van der Waals surface area contributed by atoms with Crippen LogP contribution in [0.5, 0.6) is 0 Å². The third-order valence-electron chi connectivity index (χ3n) is 7.15. The van der Waals surface area contributed by atoms with Crippen LogP contribution in [0.25, 0.3) is 11.3 Å². The number of nitrogens with zero attached hydrogens (tertiary/aromatic N) is 4. The second kappa shape index (κ2) is 11.1. The summed E-state index contributed by atoms with van der Waals surface area (Å²) in [5, 5.41) is 20.9. The molecule has 1 aliphatic heterocycles. The molecule has 208 valence electrons. The number of hydrogen-bond donors (Lipinski definition) is 1. The number of rotatable bonds is 7. The van der Waals surface area contributed by atoms with Gasteiger partial charge in [0.2, 0.25) is 0 Å². The Morgan fingerprint density at radius 2 is 1.73 bits per heavy atom. The molecular weight excluding hydrogens is 502 g/mol. The minimum Gasteiger partial charge on any atom is -0.438 e. The van der Waals surface area contributed by atoms with Gasteiger partial charge in [0.15, 0.2) is 5.69 Å². The van der Waals surface area contributed by atoms with Gasteiger partial charge in [-0.25, -0.2) is 4.79 Å². The molecule has 1 saturated heterocycles. The smallest absolute Gasteiger partial charge is 0.411 e. The molecule has 2 atom stereocenters. The fourth-order valence-electron chi connectivity index (χ4n) is 5.07. The highest BCUT2D eigenvalue weighted by Gasteiger charge is 2.46. The molecule has 1 aliphatic rings. The number of cyclic esters (lactones) is 1. The molecule has 0 saturated carbocycles. The second-order valence-corrected chi connectivity index (χ2v) is 12.2. The van der Waals surface area contributed by atoms with E-state index >= 15 is 0 Å². The van der Waals surface area contributed by atoms with Crippen molar-refractivity contribution in [2.24, 2.45) is 5.41 Å². The maximum absolute atomic E-state index is 13.4. The van der Waals surface area contributed by atoms with Gasteiger partial charge in [-0.2, -0.15) is 5.26 Å². The van der Waals surface area contributed by atoms with Crippen molar-refractivity contribution >= 4 is 12.0 Å². The molecule has 0 bridgehead atoms. The van der Waals surface area contributed by atoms with Gasteiger partial charge in [-0.15, -0.1) is 10.2 Å². The summed E-state index contributed by atoms with van der Waals surface area (Å²) < 4.78 is 6.19. The van der Waals surface area contributed by atoms with Crippen LogP contribution >= 0.6 is 0 Å². The molecule has 1 N–H and O–H groups in total. The third-order valence-corrected chi connectivity index (χ3v) is 7.15. The number of amides is 2. The predicted molar refractivity (Wildman–Crippen MR) is 153 cm³/mol. The molecule has 4 rings (SSSR count). The fourth-order valence-corrected chi connectivity index (χ4v) is 5.07. The van der Waals surface area contributed by atoms with Crippen molar-refractivity contribution < 1.29 is 14.3 Å². The SMILES string of the molecule is CC(c1ccc(-c2ccc(C(=O)NC(C)(C)C)nn2)cc1)N1CCC(CC(C)(C)C#N)(c2ccccc2)OC1=O. The predicted octanol–water partition coefficient (Wildman–Crippen LogP) is 6.41. The highest BCUT2D eigenvalue weighted by atomic mass is 16.6. The summed E-state index contributed by atoms with van der Waals surface area (Å²) in [5.41, 5.74) is 1.76. The van der Waals surface area contributed by atoms with Crippen molar-refractivity contribution in [2.45, 2.75) is 71.6 Å². The van der Waals surface area contributed by atoms with Gasteiger partial charge in [-0.1, -0.05) is 54.6 Å². The first kappa shape index (κ1) is 28.8. The van der Waals surface area contributed by atoms with E-state index in [0.29, 0.717) is 25.1 Å². The van der Waals surface area contributed by atoms with Gasteiger partial charge in [0.05, 0.1) is 23.2 Å². The first-order chi connectivity index (χ1) is 18.8. The lowest BCUT2D eigenvalue weighted by molar-refractivity contribution is -0.0770. The zero-order valence-corrected chi connectivity index (χ0v) is 24.1. The molecule has 0 aliphatic carbocycles. The molecule has 8 heteroatoms. The highest BCUT2D eigenvalue weighted by Crippen LogP contribution is 2.44. The zero-order valence-electron chi connectivity index (χ0n) is 24.1. The van der Waals surface area contributed by atoms with Crippen LogP contribution < -0.4 is 5.32 Å². The van der Waals surface area contributed by atoms with Crippen molar-refractivity contribution in [3.63, 3.8) is 0 Å². The molecule has 2 amide bonds. The van der Waals surface area contributed by atoms with Crippen LogP contribution in [0.2, 0.25) is 0 Å². The molecule has 0 radical (unpaired) electrons. The Kier molecular flexibility index (Phi) is 7.97. The van der Waals surface area contributed by atoms with Crippen molar-refractivity contribution in [2.75, 3.05) is 6.54 Å². The molecule has 40 heavy (non-hydrogen) atoms. The van der Waals surface area contributed by atoms with Crippen molar-refractivity contribution in [3.8, 4) is 17.3 Å². The number of nitrogens with one attached hydrogen (secondary N) is 1. The largest absolute Gasteiger partial charge is 0.438 e. The average molecular weight is 540 g/mol. The number of ether oxygens (including phenoxy) is 1. The van der Waals surface area contributed by atoms with Gasteiger partial charge < -0.3 is 15.0 Å². The minimum absolute atomic E-state index is 0.214. The van der Waals surface area contributed by atoms with Crippen LogP contribution in [0.4, 0.5) is 4.79 Å². The quantitative estimate of drug-likeness (QED) is 0.372. The van der Waals surface area contributed by atoms with E-state index in [1.54, 1.807) is 17.0 Å². The first-order valence-corrected chi connectivity index (χ1v) is 13.6. The summed E-state index contributed by atoms with van der Waals surface area (Å²) in [7, 11) is 0. The normalized spacial score (nSPS) is 18.4. The molecule has 1 fully saturated rings. The Balaban J connectivity index is 1.48. The van der Waals surface area contributed by atoms with E-state index < -0.39 is 17.1 Å². The monoisotopic (exact) mass is 539 g/mol. The average Bonchev–Trinajstić information content (AvgIpc) is 2.92. The van der Waals surface area contributed by atoms with Crippen LogP contribution in [0.3, 0.4) is 0 Å². The number of hydrogen-bond acceptors (Lipinski definition) is 6. The number of nitriles is 1. The highest BCUT2D eigenvalue weighted by molar-refractivity contribution is 5.92. The molecule has 8 nitrogen and oxygen atoms in total. The summed E-state index contributed by atoms with van der Waals surface area (Å²) in [6.07, 6.45) is 0.609. The van der Waals surface area contributed by atoms with Gasteiger partial charge in [0.1, 0.15) is 5.60 Å². The number of carbonyl (C=O) groups is 2. The van der Waals surface area contributed by atoms with Gasteiger partial charge in [-0.05, 0) is 64.8 Å². The van der Waals surface area contributed by atoms with Crippen molar-refractivity contribution in [1.82, 2.24) is 20.4 Å². The zero-order chi connectivity index (χ0) is 29.1. The van der Waals surface area contributed by atoms with Crippen LogP contribution in [0.15, 0.2) is 66.7 Å². The molecular formula is C32H37N5O3. The Hall–Kier alpha value is -4.25. The van der Waals surface area contributed by atoms with Gasteiger partial charge in [0.25, 0.3) is 5.91 Å². The van der Waals surface area contributed by atoms with Crippen LogP contribution in [-0.2, 0) is 10.3 Å². The second-order valence-electron chi connectivity index (χ2n) is 12.2. The molecule has 2 unspecified atom stereocenters. The standard InChI is InChI=1S/C32H37N5O3/c1-22(23-12-14-24(15-13-23)26-16-17-27(36-35-26)28(38)34-30(2,3)4)37-19-18-32(40-29(37)39,20-31(5,6)21-33)25-10-8-7-9-11-25/h7-17,22H,18-20H2,1-6H3,(H,34,38). The lowest BCUT2D eigenvalue weighted by atomic mass is 9.75. The van der Waals surface area contributed by atoms with Crippen molar-refractivity contribution in [1.29, 1.82) is 5.26 Å². The summed E-state index contributed by atoms with van der Waals surface area (Å²) in [4.78, 5) is 27.5. The maximum atomic E-state index is 13.4. The lowest BCUT2D eigenvalue weighted by Crippen LogP contribution is -2.50. The molecule has 3 aromatic rings. The molecule has 2 heterocycles. The Labute approximate surface area is 236 Å². The number of benzene rings is 2. The topological polar surface area (TPSA) is 108 Å². The molecule has 2 aromatic carbocycles. The van der Waals surface area contributed by atoms with Crippen LogP contribution in [0, 0.1) is 16.7 Å². The van der Waals surface area contributed by atoms with Gasteiger partial charge in [-0.3, -0.25) is 4.79 Å². The molecule has 0 spiro atoms. The van der Waals surface area contributed by atoms with E-state index in [1.807, 2.05) is 96.1 Å². The summed E-state index contributed by atoms with van der Waals surface area (Å²) in [6.45, 7) is 12.0. The Morgan fingerprint density at radius 1 is 1.05 bits per heavy atom. The fraction of sp³-hybridized carbons (Fsp3) is 0.406.